The van der Waals surface area contributed by atoms with Crippen LogP contribution in [0.25, 0.3) is 0 Å². The number of carbonyl (C=O) groups excluding carboxylic acids is 2. The van der Waals surface area contributed by atoms with Crippen molar-refractivity contribution in [2.45, 2.75) is 20.8 Å². The van der Waals surface area contributed by atoms with E-state index in [1.807, 2.05) is 39.0 Å². The van der Waals surface area contributed by atoms with Gasteiger partial charge < -0.3 is 14.2 Å². The second-order valence-corrected chi connectivity index (χ2v) is 7.76. The van der Waals surface area contributed by atoms with Gasteiger partial charge in [-0.15, -0.1) is 11.3 Å². The van der Waals surface area contributed by atoms with Crippen LogP contribution in [-0.2, 0) is 4.79 Å². The number of hydrazone groups is 1. The highest BCUT2D eigenvalue weighted by molar-refractivity contribution is 7.12. The highest BCUT2D eigenvalue weighted by Crippen LogP contribution is 2.29. The van der Waals surface area contributed by atoms with Gasteiger partial charge in [-0.25, -0.2) is 10.2 Å². The van der Waals surface area contributed by atoms with Crippen molar-refractivity contribution in [3.05, 3.63) is 75.5 Å². The number of carbonyl (C=O) groups is 2. The Hall–Kier alpha value is -3.65. The third-order valence-electron chi connectivity index (χ3n) is 4.35. The zero-order valence-electron chi connectivity index (χ0n) is 18.1. The number of nitrogens with one attached hydrogen (secondary N) is 1. The number of thiophene rings is 1. The number of nitrogens with zero attached hydrogens (tertiary/aromatic N) is 1. The van der Waals surface area contributed by atoms with Crippen LogP contribution in [0.4, 0.5) is 0 Å². The monoisotopic (exact) mass is 452 g/mol. The van der Waals surface area contributed by atoms with Gasteiger partial charge in [-0.2, -0.15) is 5.10 Å². The van der Waals surface area contributed by atoms with Gasteiger partial charge >= 0.3 is 5.97 Å². The molecule has 3 aromatic rings. The molecular weight excluding hydrogens is 428 g/mol. The highest BCUT2D eigenvalue weighted by Gasteiger charge is 2.14. The fraction of sp³-hybridized carbons (Fsp3) is 0.208. The molecular formula is C24H24N2O5S. The zero-order valence-corrected chi connectivity index (χ0v) is 18.9. The van der Waals surface area contributed by atoms with Gasteiger partial charge in [0.15, 0.2) is 18.1 Å². The molecule has 0 spiro atoms. The molecule has 0 radical (unpaired) electrons. The highest BCUT2D eigenvalue weighted by atomic mass is 32.1. The smallest absolute Gasteiger partial charge is 0.353 e. The summed E-state index contributed by atoms with van der Waals surface area (Å²) in [7, 11) is 0. The summed E-state index contributed by atoms with van der Waals surface area (Å²) < 4.78 is 16.7. The van der Waals surface area contributed by atoms with E-state index in [1.54, 1.807) is 35.7 Å². The number of para-hydroxylation sites is 1. The molecule has 0 aliphatic heterocycles. The Morgan fingerprint density at radius 3 is 2.50 bits per heavy atom. The SMILES string of the molecule is CCOc1cc(C=NNC(=O)COc2c(C)cccc2C)ccc1OC(=O)c1cccs1. The summed E-state index contributed by atoms with van der Waals surface area (Å²) >= 11 is 1.30. The number of hydrogen-bond donors (Lipinski definition) is 1. The van der Waals surface area contributed by atoms with Crippen LogP contribution in [-0.4, -0.2) is 31.3 Å². The van der Waals surface area contributed by atoms with Gasteiger partial charge in [-0.05, 0) is 67.1 Å². The van der Waals surface area contributed by atoms with Gasteiger partial charge in [0.25, 0.3) is 5.91 Å². The standard InChI is InChI=1S/C24H24N2O5S/c1-4-29-20-13-18(10-11-19(20)31-24(28)21-9-6-12-32-21)14-25-26-22(27)15-30-23-16(2)7-5-8-17(23)3/h5-14H,4,15H2,1-3H3,(H,26,27). The molecule has 7 nitrogen and oxygen atoms in total. The molecule has 0 fully saturated rings. The van der Waals surface area contributed by atoms with E-state index in [1.165, 1.54) is 17.6 Å². The van der Waals surface area contributed by atoms with Crippen LogP contribution in [0.3, 0.4) is 0 Å². The van der Waals surface area contributed by atoms with E-state index in [9.17, 15) is 9.59 Å². The first kappa shape index (κ1) is 23.0. The largest absolute Gasteiger partial charge is 0.490 e. The lowest BCUT2D eigenvalue weighted by Gasteiger charge is -2.11. The molecule has 0 unspecified atom stereocenters. The molecule has 3 rings (SSSR count). The van der Waals surface area contributed by atoms with E-state index in [0.29, 0.717) is 34.3 Å². The molecule has 0 saturated heterocycles. The molecule has 0 bridgehead atoms. The average Bonchev–Trinajstić information content (AvgIpc) is 3.30. The second kappa shape index (κ2) is 11.1. The van der Waals surface area contributed by atoms with Crippen LogP contribution in [0.2, 0.25) is 0 Å². The number of aryl methyl sites for hydroxylation is 2. The van der Waals surface area contributed by atoms with Gasteiger partial charge in [0.1, 0.15) is 10.6 Å². The molecule has 1 amide bonds. The average molecular weight is 453 g/mol. The van der Waals surface area contributed by atoms with Crippen LogP contribution in [0, 0.1) is 13.8 Å². The molecule has 166 valence electrons. The maximum atomic E-state index is 12.2. The second-order valence-electron chi connectivity index (χ2n) is 6.81. The van der Waals surface area contributed by atoms with Crippen molar-refractivity contribution in [1.29, 1.82) is 0 Å². The fourth-order valence-electron chi connectivity index (χ4n) is 2.88. The first-order valence-electron chi connectivity index (χ1n) is 10.0. The van der Waals surface area contributed by atoms with Gasteiger partial charge in [0, 0.05) is 0 Å². The first-order valence-corrected chi connectivity index (χ1v) is 10.9. The minimum absolute atomic E-state index is 0.148. The van der Waals surface area contributed by atoms with Gasteiger partial charge in [0.05, 0.1) is 12.8 Å². The Morgan fingerprint density at radius 2 is 1.81 bits per heavy atom. The van der Waals surface area contributed by atoms with E-state index in [-0.39, 0.29) is 12.5 Å². The molecule has 2 aromatic carbocycles. The molecule has 1 N–H and O–H groups in total. The predicted molar refractivity (Wildman–Crippen MR) is 124 cm³/mol. The van der Waals surface area contributed by atoms with Crippen molar-refractivity contribution >= 4 is 29.4 Å². The van der Waals surface area contributed by atoms with Crippen molar-refractivity contribution in [1.82, 2.24) is 5.43 Å². The first-order chi connectivity index (χ1) is 15.5. The Bertz CT molecular complexity index is 1090. The van der Waals surface area contributed by atoms with Crippen molar-refractivity contribution in [2.24, 2.45) is 5.10 Å². The molecule has 0 aliphatic carbocycles. The van der Waals surface area contributed by atoms with Crippen molar-refractivity contribution < 1.29 is 23.8 Å². The summed E-state index contributed by atoms with van der Waals surface area (Å²) in [5.41, 5.74) is 5.03. The Balaban J connectivity index is 1.59. The summed E-state index contributed by atoms with van der Waals surface area (Å²) in [5.74, 6) is 0.592. The maximum Gasteiger partial charge on any atom is 0.353 e. The topological polar surface area (TPSA) is 86.2 Å². The van der Waals surface area contributed by atoms with Crippen molar-refractivity contribution in [3.8, 4) is 17.2 Å². The number of rotatable bonds is 9. The van der Waals surface area contributed by atoms with Crippen molar-refractivity contribution in [2.75, 3.05) is 13.2 Å². The lowest BCUT2D eigenvalue weighted by molar-refractivity contribution is -0.123. The normalized spacial score (nSPS) is 10.7. The molecule has 0 atom stereocenters. The van der Waals surface area contributed by atoms with E-state index in [0.717, 1.165) is 11.1 Å². The summed E-state index contributed by atoms with van der Waals surface area (Å²) in [6.45, 7) is 5.94. The summed E-state index contributed by atoms with van der Waals surface area (Å²) in [4.78, 5) is 24.8. The number of esters is 1. The third kappa shape index (κ3) is 6.18. The minimum atomic E-state index is -0.446. The van der Waals surface area contributed by atoms with Crippen molar-refractivity contribution in [3.63, 3.8) is 0 Å². The van der Waals surface area contributed by atoms with Gasteiger partial charge in [-0.1, -0.05) is 24.3 Å². The number of ether oxygens (including phenoxy) is 3. The molecule has 32 heavy (non-hydrogen) atoms. The third-order valence-corrected chi connectivity index (χ3v) is 5.20. The number of benzene rings is 2. The van der Waals surface area contributed by atoms with Crippen LogP contribution in [0.5, 0.6) is 17.2 Å². The molecule has 0 saturated carbocycles. The number of hydrogen-bond acceptors (Lipinski definition) is 7. The van der Waals surface area contributed by atoms with E-state index in [2.05, 4.69) is 10.5 Å². The predicted octanol–water partition coefficient (Wildman–Crippen LogP) is 4.51. The zero-order chi connectivity index (χ0) is 22.9. The molecule has 1 aromatic heterocycles. The molecule has 1 heterocycles. The Kier molecular flexibility index (Phi) is 7.99. The van der Waals surface area contributed by atoms with Crippen LogP contribution in [0.1, 0.15) is 33.3 Å². The number of amides is 1. The quantitative estimate of drug-likeness (QED) is 0.223. The van der Waals surface area contributed by atoms with Crippen LogP contribution in [0.15, 0.2) is 59.0 Å². The van der Waals surface area contributed by atoms with Gasteiger partial charge in [-0.3, -0.25) is 4.79 Å². The molecule has 8 heteroatoms. The Labute approximate surface area is 190 Å². The summed E-state index contributed by atoms with van der Waals surface area (Å²) in [6, 6.07) is 14.3. The lowest BCUT2D eigenvalue weighted by atomic mass is 10.1. The fourth-order valence-corrected chi connectivity index (χ4v) is 3.48. The van der Waals surface area contributed by atoms with Gasteiger partial charge in [0.2, 0.25) is 0 Å². The maximum absolute atomic E-state index is 12.2. The Morgan fingerprint density at radius 1 is 1.03 bits per heavy atom. The van der Waals surface area contributed by atoms with Crippen LogP contribution >= 0.6 is 11.3 Å². The van der Waals surface area contributed by atoms with E-state index >= 15 is 0 Å². The summed E-state index contributed by atoms with van der Waals surface area (Å²) in [6.07, 6.45) is 1.48. The summed E-state index contributed by atoms with van der Waals surface area (Å²) in [5, 5.41) is 5.77. The lowest BCUT2D eigenvalue weighted by Crippen LogP contribution is -2.25. The van der Waals surface area contributed by atoms with E-state index < -0.39 is 5.97 Å². The van der Waals surface area contributed by atoms with E-state index in [4.69, 9.17) is 14.2 Å². The molecule has 0 aliphatic rings. The van der Waals surface area contributed by atoms with Crippen LogP contribution < -0.4 is 19.6 Å². The minimum Gasteiger partial charge on any atom is -0.490 e.